The monoisotopic (exact) mass is 266 g/mol. The summed E-state index contributed by atoms with van der Waals surface area (Å²) in [4.78, 5) is 14.3. The number of carbonyl (C=O) groups is 1. The van der Waals surface area contributed by atoms with Crippen molar-refractivity contribution in [3.05, 3.63) is 0 Å². The van der Waals surface area contributed by atoms with Crippen LogP contribution in [0, 0.1) is 11.8 Å². The Labute approximate surface area is 117 Å². The summed E-state index contributed by atoms with van der Waals surface area (Å²) in [6.45, 7) is 4.25. The number of rotatable bonds is 5. The molecule has 0 bridgehead atoms. The van der Waals surface area contributed by atoms with Gasteiger partial charge < -0.3 is 10.6 Å². The van der Waals surface area contributed by atoms with E-state index in [-0.39, 0.29) is 0 Å². The molecule has 0 spiro atoms. The van der Waals surface area contributed by atoms with Crippen molar-refractivity contribution in [1.82, 2.24) is 4.90 Å². The Balaban J connectivity index is 1.65. The van der Waals surface area contributed by atoms with Gasteiger partial charge in [-0.2, -0.15) is 0 Å². The van der Waals surface area contributed by atoms with Crippen molar-refractivity contribution in [2.75, 3.05) is 13.1 Å². The molecule has 2 aliphatic rings. The maximum Gasteiger partial charge on any atom is 0.222 e. The highest BCUT2D eigenvalue weighted by atomic mass is 16.2. The number of nitrogens with two attached hydrogens (primary N) is 1. The third-order valence-electron chi connectivity index (χ3n) is 4.99. The number of amides is 1. The molecule has 3 heteroatoms. The molecule has 2 N–H and O–H groups in total. The molecule has 0 aromatic carbocycles. The summed E-state index contributed by atoms with van der Waals surface area (Å²) >= 11 is 0. The lowest BCUT2D eigenvalue weighted by molar-refractivity contribution is -0.130. The van der Waals surface area contributed by atoms with E-state index >= 15 is 0 Å². The van der Waals surface area contributed by atoms with Gasteiger partial charge in [0, 0.05) is 25.6 Å². The van der Waals surface area contributed by atoms with Gasteiger partial charge in [0.25, 0.3) is 0 Å². The summed E-state index contributed by atoms with van der Waals surface area (Å²) < 4.78 is 0. The lowest BCUT2D eigenvalue weighted by Gasteiger charge is -2.26. The Morgan fingerprint density at radius 1 is 1.11 bits per heavy atom. The van der Waals surface area contributed by atoms with Crippen molar-refractivity contribution in [2.24, 2.45) is 17.6 Å². The van der Waals surface area contributed by atoms with Gasteiger partial charge in [-0.3, -0.25) is 4.79 Å². The van der Waals surface area contributed by atoms with Gasteiger partial charge in [-0.1, -0.05) is 13.3 Å². The molecule has 1 aliphatic carbocycles. The number of nitrogens with zero attached hydrogens (tertiary/aromatic N) is 1. The molecule has 2 fully saturated rings. The predicted octanol–water partition coefficient (Wildman–Crippen LogP) is 2.93. The second kappa shape index (κ2) is 7.28. The van der Waals surface area contributed by atoms with Crippen LogP contribution in [0.25, 0.3) is 0 Å². The average molecular weight is 266 g/mol. The molecule has 0 aromatic rings. The van der Waals surface area contributed by atoms with Crippen LogP contribution in [-0.2, 0) is 4.79 Å². The molecule has 1 saturated heterocycles. The maximum atomic E-state index is 12.2. The van der Waals surface area contributed by atoms with Crippen LogP contribution in [0.4, 0.5) is 0 Å². The molecule has 1 amide bonds. The van der Waals surface area contributed by atoms with Crippen LogP contribution < -0.4 is 5.73 Å². The van der Waals surface area contributed by atoms with Crippen molar-refractivity contribution in [3.8, 4) is 0 Å². The Bertz CT molecular complexity index is 284. The van der Waals surface area contributed by atoms with E-state index in [2.05, 4.69) is 11.8 Å². The highest BCUT2D eigenvalue weighted by molar-refractivity contribution is 5.76. The van der Waals surface area contributed by atoms with Crippen molar-refractivity contribution in [1.29, 1.82) is 0 Å². The lowest BCUT2D eigenvalue weighted by Crippen LogP contribution is -2.30. The van der Waals surface area contributed by atoms with Crippen LogP contribution in [0.3, 0.4) is 0 Å². The van der Waals surface area contributed by atoms with Crippen molar-refractivity contribution in [2.45, 2.75) is 70.8 Å². The minimum atomic E-state index is 0.397. The smallest absolute Gasteiger partial charge is 0.222 e. The zero-order valence-electron chi connectivity index (χ0n) is 12.4. The van der Waals surface area contributed by atoms with Gasteiger partial charge in [0.2, 0.25) is 5.91 Å². The zero-order valence-corrected chi connectivity index (χ0v) is 12.4. The number of hydrogen-bond acceptors (Lipinski definition) is 2. The summed E-state index contributed by atoms with van der Waals surface area (Å²) in [7, 11) is 0. The minimum Gasteiger partial charge on any atom is -0.342 e. The van der Waals surface area contributed by atoms with Crippen LogP contribution in [0.1, 0.15) is 64.7 Å². The van der Waals surface area contributed by atoms with Gasteiger partial charge in [0.1, 0.15) is 0 Å². The van der Waals surface area contributed by atoms with Gasteiger partial charge in [-0.15, -0.1) is 0 Å². The fourth-order valence-electron chi connectivity index (χ4n) is 3.67. The van der Waals surface area contributed by atoms with Crippen molar-refractivity contribution >= 4 is 5.91 Å². The topological polar surface area (TPSA) is 46.3 Å². The van der Waals surface area contributed by atoms with Crippen LogP contribution in [0.2, 0.25) is 0 Å². The van der Waals surface area contributed by atoms with Crippen LogP contribution >= 0.6 is 0 Å². The highest BCUT2D eigenvalue weighted by Gasteiger charge is 2.26. The Hall–Kier alpha value is -0.570. The van der Waals surface area contributed by atoms with E-state index in [0.717, 1.165) is 50.6 Å². The molecule has 1 saturated carbocycles. The third kappa shape index (κ3) is 4.48. The van der Waals surface area contributed by atoms with Gasteiger partial charge in [-0.25, -0.2) is 0 Å². The zero-order chi connectivity index (χ0) is 13.7. The Kier molecular flexibility index (Phi) is 5.68. The lowest BCUT2D eigenvalue weighted by atomic mass is 9.84. The first kappa shape index (κ1) is 14.8. The third-order valence-corrected chi connectivity index (χ3v) is 4.99. The molecule has 1 aliphatic heterocycles. The number of carbonyl (C=O) groups excluding carboxylic acids is 1. The molecule has 0 aromatic heterocycles. The number of hydrogen-bond donors (Lipinski definition) is 1. The molecular formula is C16H30N2O. The van der Waals surface area contributed by atoms with E-state index in [0.29, 0.717) is 11.9 Å². The second-order valence-corrected chi connectivity index (χ2v) is 6.60. The van der Waals surface area contributed by atoms with Crippen LogP contribution in [0.15, 0.2) is 0 Å². The van der Waals surface area contributed by atoms with Gasteiger partial charge in [-0.05, 0) is 56.8 Å². The average Bonchev–Trinajstić information content (AvgIpc) is 2.87. The minimum absolute atomic E-state index is 0.397. The molecule has 1 heterocycles. The molecule has 19 heavy (non-hydrogen) atoms. The molecule has 1 unspecified atom stereocenters. The first-order chi connectivity index (χ1) is 9.19. The predicted molar refractivity (Wildman–Crippen MR) is 78.8 cm³/mol. The largest absolute Gasteiger partial charge is 0.342 e. The summed E-state index contributed by atoms with van der Waals surface area (Å²) in [5, 5.41) is 0. The Morgan fingerprint density at radius 3 is 2.53 bits per heavy atom. The van der Waals surface area contributed by atoms with E-state index in [4.69, 9.17) is 5.73 Å². The quantitative estimate of drug-likeness (QED) is 0.831. The summed E-state index contributed by atoms with van der Waals surface area (Å²) in [6, 6.07) is 0.417. The van der Waals surface area contributed by atoms with E-state index in [1.54, 1.807) is 0 Å². The van der Waals surface area contributed by atoms with Crippen LogP contribution in [-0.4, -0.2) is 29.9 Å². The summed E-state index contributed by atoms with van der Waals surface area (Å²) in [6.07, 6.45) is 10.4. The Morgan fingerprint density at radius 2 is 1.84 bits per heavy atom. The van der Waals surface area contributed by atoms with E-state index < -0.39 is 0 Å². The van der Waals surface area contributed by atoms with Gasteiger partial charge >= 0.3 is 0 Å². The fourth-order valence-corrected chi connectivity index (χ4v) is 3.67. The SMILES string of the molecule is CCCC1CCN(C(=O)CCC2CCC(N)CC2)C1. The maximum absolute atomic E-state index is 12.2. The van der Waals surface area contributed by atoms with Crippen LogP contribution in [0.5, 0.6) is 0 Å². The van der Waals surface area contributed by atoms with Crippen molar-refractivity contribution < 1.29 is 4.79 Å². The highest BCUT2D eigenvalue weighted by Crippen LogP contribution is 2.28. The molecule has 3 nitrogen and oxygen atoms in total. The molecule has 1 atom stereocenters. The molecule has 0 radical (unpaired) electrons. The van der Waals surface area contributed by atoms with Crippen molar-refractivity contribution in [3.63, 3.8) is 0 Å². The van der Waals surface area contributed by atoms with E-state index in [1.807, 2.05) is 0 Å². The molecular weight excluding hydrogens is 236 g/mol. The van der Waals surface area contributed by atoms with E-state index in [1.165, 1.54) is 32.1 Å². The second-order valence-electron chi connectivity index (χ2n) is 6.60. The number of likely N-dealkylation sites (tertiary alicyclic amines) is 1. The molecule has 2 rings (SSSR count). The summed E-state index contributed by atoms with van der Waals surface area (Å²) in [5.74, 6) is 1.91. The molecule has 110 valence electrons. The first-order valence-electron chi connectivity index (χ1n) is 8.22. The normalized spacial score (nSPS) is 31.7. The first-order valence-corrected chi connectivity index (χ1v) is 8.22. The standard InChI is InChI=1S/C16H30N2O/c1-2-3-14-10-11-18(12-14)16(19)9-6-13-4-7-15(17)8-5-13/h13-15H,2-12,17H2,1H3. The van der Waals surface area contributed by atoms with E-state index in [9.17, 15) is 4.79 Å². The van der Waals surface area contributed by atoms with Gasteiger partial charge in [0.15, 0.2) is 0 Å². The fraction of sp³-hybridized carbons (Fsp3) is 0.938. The summed E-state index contributed by atoms with van der Waals surface area (Å²) in [5.41, 5.74) is 5.92. The van der Waals surface area contributed by atoms with Gasteiger partial charge in [0.05, 0.1) is 0 Å².